The third-order valence-electron chi connectivity index (χ3n) is 4.62. The van der Waals surface area contributed by atoms with E-state index in [1.807, 2.05) is 35.2 Å². The molecule has 1 aliphatic heterocycles. The second-order valence-corrected chi connectivity index (χ2v) is 6.54. The summed E-state index contributed by atoms with van der Waals surface area (Å²) in [5.74, 6) is 0.790. The molecule has 132 valence electrons. The molecule has 0 aromatic heterocycles. The molecule has 0 radical (unpaired) electrons. The Hall–Kier alpha value is -1.75. The molecule has 1 fully saturated rings. The summed E-state index contributed by atoms with van der Waals surface area (Å²) < 4.78 is 5.23. The van der Waals surface area contributed by atoms with E-state index < -0.39 is 6.09 Å². The average molecular weight is 353 g/mol. The highest BCUT2D eigenvalue weighted by Crippen LogP contribution is 2.23. The standard InChI is InChI=1S/C18H25ClN2O3/c1-14-7-9-21(17(22)11-19)10-8-16(14)12-20-18(23)24-13-15-5-3-2-4-6-15/h2-6,14,16H,7-13H2,1H3,(H,20,23). The number of likely N-dealkylation sites (tertiary alicyclic amines) is 1. The highest BCUT2D eigenvalue weighted by atomic mass is 35.5. The van der Waals surface area contributed by atoms with E-state index in [9.17, 15) is 9.59 Å². The number of benzene rings is 1. The molecule has 1 aromatic carbocycles. The zero-order valence-corrected chi connectivity index (χ0v) is 14.8. The van der Waals surface area contributed by atoms with Crippen LogP contribution in [0.15, 0.2) is 30.3 Å². The summed E-state index contributed by atoms with van der Waals surface area (Å²) >= 11 is 5.63. The molecule has 1 heterocycles. The van der Waals surface area contributed by atoms with Crippen molar-refractivity contribution in [2.75, 3.05) is 25.5 Å². The number of halogens is 1. The van der Waals surface area contributed by atoms with Crippen LogP contribution in [0, 0.1) is 11.8 Å². The van der Waals surface area contributed by atoms with Gasteiger partial charge in [0.05, 0.1) is 0 Å². The molecule has 1 N–H and O–H groups in total. The number of alkyl halides is 1. The molecule has 2 atom stereocenters. The van der Waals surface area contributed by atoms with E-state index in [4.69, 9.17) is 16.3 Å². The Morgan fingerprint density at radius 2 is 1.96 bits per heavy atom. The van der Waals surface area contributed by atoms with Crippen molar-refractivity contribution in [3.05, 3.63) is 35.9 Å². The van der Waals surface area contributed by atoms with Crippen molar-refractivity contribution in [1.82, 2.24) is 10.2 Å². The van der Waals surface area contributed by atoms with Gasteiger partial charge in [0.2, 0.25) is 5.91 Å². The normalized spacial score (nSPS) is 21.0. The highest BCUT2D eigenvalue weighted by Gasteiger charge is 2.25. The highest BCUT2D eigenvalue weighted by molar-refractivity contribution is 6.27. The summed E-state index contributed by atoms with van der Waals surface area (Å²) in [5, 5.41) is 2.85. The van der Waals surface area contributed by atoms with Crippen LogP contribution in [0.3, 0.4) is 0 Å². The predicted octanol–water partition coefficient (Wildman–Crippen LogP) is 3.03. The lowest BCUT2D eigenvalue weighted by Gasteiger charge is -2.21. The van der Waals surface area contributed by atoms with E-state index >= 15 is 0 Å². The lowest BCUT2D eigenvalue weighted by Crippen LogP contribution is -2.34. The van der Waals surface area contributed by atoms with Gasteiger partial charge in [-0.1, -0.05) is 37.3 Å². The minimum Gasteiger partial charge on any atom is -0.445 e. The van der Waals surface area contributed by atoms with Gasteiger partial charge in [-0.25, -0.2) is 4.79 Å². The first-order chi connectivity index (χ1) is 11.6. The summed E-state index contributed by atoms with van der Waals surface area (Å²) in [4.78, 5) is 25.4. The summed E-state index contributed by atoms with van der Waals surface area (Å²) in [6.07, 6.45) is 1.39. The Kier molecular flexibility index (Phi) is 7.37. The largest absolute Gasteiger partial charge is 0.445 e. The zero-order valence-electron chi connectivity index (χ0n) is 14.0. The van der Waals surface area contributed by atoms with E-state index in [0.717, 1.165) is 24.9 Å². The van der Waals surface area contributed by atoms with Crippen molar-refractivity contribution in [2.45, 2.75) is 26.4 Å². The molecule has 2 amide bonds. The van der Waals surface area contributed by atoms with E-state index in [1.54, 1.807) is 0 Å². The smallest absolute Gasteiger partial charge is 0.407 e. The van der Waals surface area contributed by atoms with Crippen molar-refractivity contribution in [3.8, 4) is 0 Å². The van der Waals surface area contributed by atoms with Crippen molar-refractivity contribution < 1.29 is 14.3 Å². The van der Waals surface area contributed by atoms with Crippen LogP contribution < -0.4 is 5.32 Å². The molecule has 1 saturated heterocycles. The second-order valence-electron chi connectivity index (χ2n) is 6.27. The maximum atomic E-state index is 11.9. The first kappa shape index (κ1) is 18.6. The first-order valence-corrected chi connectivity index (χ1v) is 8.92. The van der Waals surface area contributed by atoms with Crippen LogP contribution in [0.5, 0.6) is 0 Å². The minimum absolute atomic E-state index is 0.0141. The van der Waals surface area contributed by atoms with Crippen LogP contribution in [0.1, 0.15) is 25.3 Å². The predicted molar refractivity (Wildman–Crippen MR) is 93.8 cm³/mol. The molecule has 0 spiro atoms. The fourth-order valence-corrected chi connectivity index (χ4v) is 3.11. The number of amides is 2. The molecule has 6 heteroatoms. The topological polar surface area (TPSA) is 58.6 Å². The van der Waals surface area contributed by atoms with E-state index in [-0.39, 0.29) is 18.4 Å². The number of nitrogens with one attached hydrogen (secondary N) is 1. The van der Waals surface area contributed by atoms with Gasteiger partial charge in [-0.15, -0.1) is 11.6 Å². The molecule has 2 rings (SSSR count). The fraction of sp³-hybridized carbons (Fsp3) is 0.556. The Labute approximate surface area is 148 Å². The monoisotopic (exact) mass is 352 g/mol. The van der Waals surface area contributed by atoms with Gasteiger partial charge in [-0.3, -0.25) is 4.79 Å². The molecular weight excluding hydrogens is 328 g/mol. The maximum absolute atomic E-state index is 11.9. The van der Waals surface area contributed by atoms with Crippen LogP contribution in [0.4, 0.5) is 4.79 Å². The van der Waals surface area contributed by atoms with Crippen LogP contribution in [0.2, 0.25) is 0 Å². The van der Waals surface area contributed by atoms with Gasteiger partial charge in [0.15, 0.2) is 0 Å². The van der Waals surface area contributed by atoms with Gasteiger partial charge in [0.25, 0.3) is 0 Å². The summed E-state index contributed by atoms with van der Waals surface area (Å²) in [6.45, 7) is 4.43. The Morgan fingerprint density at radius 3 is 2.67 bits per heavy atom. The zero-order chi connectivity index (χ0) is 17.4. The number of hydrogen-bond acceptors (Lipinski definition) is 3. The van der Waals surface area contributed by atoms with E-state index in [1.165, 1.54) is 0 Å². The number of hydrogen-bond donors (Lipinski definition) is 1. The summed E-state index contributed by atoms with van der Waals surface area (Å²) in [6, 6.07) is 9.59. The Balaban J connectivity index is 1.74. The fourth-order valence-electron chi connectivity index (χ4n) is 2.94. The molecule has 1 aromatic rings. The van der Waals surface area contributed by atoms with Crippen LogP contribution >= 0.6 is 11.6 Å². The number of rotatable bonds is 5. The van der Waals surface area contributed by atoms with Crippen LogP contribution in [-0.2, 0) is 16.1 Å². The number of nitrogens with zero attached hydrogens (tertiary/aromatic N) is 1. The van der Waals surface area contributed by atoms with Crippen LogP contribution in [0.25, 0.3) is 0 Å². The number of ether oxygens (including phenoxy) is 1. The number of alkyl carbamates (subject to hydrolysis) is 1. The van der Waals surface area contributed by atoms with E-state index in [2.05, 4.69) is 12.2 Å². The number of carbonyl (C=O) groups excluding carboxylic acids is 2. The third kappa shape index (κ3) is 5.71. The summed E-state index contributed by atoms with van der Waals surface area (Å²) in [5.41, 5.74) is 0.964. The lowest BCUT2D eigenvalue weighted by atomic mass is 9.90. The molecule has 5 nitrogen and oxygen atoms in total. The van der Waals surface area contributed by atoms with E-state index in [0.29, 0.717) is 24.9 Å². The maximum Gasteiger partial charge on any atom is 0.407 e. The molecule has 0 aliphatic carbocycles. The van der Waals surface area contributed by atoms with Gasteiger partial charge in [-0.05, 0) is 30.2 Å². The molecule has 2 unspecified atom stereocenters. The van der Waals surface area contributed by atoms with Crippen molar-refractivity contribution in [3.63, 3.8) is 0 Å². The van der Waals surface area contributed by atoms with Crippen molar-refractivity contribution >= 4 is 23.6 Å². The lowest BCUT2D eigenvalue weighted by molar-refractivity contribution is -0.128. The Bertz CT molecular complexity index is 538. The van der Waals surface area contributed by atoms with Gasteiger partial charge in [0.1, 0.15) is 12.5 Å². The molecule has 24 heavy (non-hydrogen) atoms. The second kappa shape index (κ2) is 9.52. The van der Waals surface area contributed by atoms with Gasteiger partial charge in [0, 0.05) is 19.6 Å². The number of carbonyl (C=O) groups is 2. The van der Waals surface area contributed by atoms with Gasteiger partial charge >= 0.3 is 6.09 Å². The van der Waals surface area contributed by atoms with Gasteiger partial charge in [-0.2, -0.15) is 0 Å². The molecule has 1 aliphatic rings. The SMILES string of the molecule is CC1CCN(C(=O)CCl)CCC1CNC(=O)OCc1ccccc1. The Morgan fingerprint density at radius 1 is 1.25 bits per heavy atom. The van der Waals surface area contributed by atoms with Crippen molar-refractivity contribution in [1.29, 1.82) is 0 Å². The third-order valence-corrected chi connectivity index (χ3v) is 4.85. The molecular formula is C18H25ClN2O3. The summed E-state index contributed by atoms with van der Waals surface area (Å²) in [7, 11) is 0. The van der Waals surface area contributed by atoms with Crippen molar-refractivity contribution in [2.24, 2.45) is 11.8 Å². The van der Waals surface area contributed by atoms with Gasteiger partial charge < -0.3 is 15.0 Å². The molecule has 0 saturated carbocycles. The first-order valence-electron chi connectivity index (χ1n) is 8.38. The quantitative estimate of drug-likeness (QED) is 0.829. The minimum atomic E-state index is -0.399. The average Bonchev–Trinajstić information content (AvgIpc) is 2.80. The molecule has 0 bridgehead atoms. The van der Waals surface area contributed by atoms with Crippen LogP contribution in [-0.4, -0.2) is 42.4 Å².